The quantitative estimate of drug-likeness (QED) is 0.774. The van der Waals surface area contributed by atoms with E-state index in [0.717, 1.165) is 12.8 Å². The van der Waals surface area contributed by atoms with Crippen LogP contribution in [-0.2, 0) is 10.0 Å². The first-order chi connectivity index (χ1) is 9.38. The van der Waals surface area contributed by atoms with Crippen LogP contribution in [0.25, 0.3) is 0 Å². The van der Waals surface area contributed by atoms with Crippen molar-refractivity contribution in [1.82, 2.24) is 4.72 Å². The molecule has 4 nitrogen and oxygen atoms in total. The Morgan fingerprint density at radius 2 is 1.75 bits per heavy atom. The van der Waals surface area contributed by atoms with E-state index in [1.807, 2.05) is 13.8 Å². The van der Waals surface area contributed by atoms with Crippen molar-refractivity contribution in [1.29, 1.82) is 0 Å². The summed E-state index contributed by atoms with van der Waals surface area (Å²) in [6.45, 7) is 3.81. The number of hydrogen-bond acceptors (Lipinski definition) is 3. The molecule has 0 aliphatic heterocycles. The molecule has 0 saturated carbocycles. The number of hydrogen-bond donors (Lipinski definition) is 2. The van der Waals surface area contributed by atoms with Gasteiger partial charge in [-0.15, -0.1) is 0 Å². The third-order valence-corrected chi connectivity index (χ3v) is 4.88. The number of sulfonamides is 1. The molecule has 1 atom stereocenters. The fraction of sp³-hybridized carbons (Fsp3) is 0.571. The molecule has 0 radical (unpaired) electrons. The molecule has 0 heterocycles. The van der Waals surface area contributed by atoms with Gasteiger partial charge in [0.1, 0.15) is 5.82 Å². The Bertz CT molecular complexity index is 498. The number of halogens is 1. The van der Waals surface area contributed by atoms with E-state index in [0.29, 0.717) is 5.56 Å². The maximum absolute atomic E-state index is 12.8. The zero-order valence-electron chi connectivity index (χ0n) is 11.8. The van der Waals surface area contributed by atoms with Crippen molar-refractivity contribution in [3.63, 3.8) is 0 Å². The van der Waals surface area contributed by atoms with E-state index in [1.54, 1.807) is 0 Å². The first-order valence-corrected chi connectivity index (χ1v) is 8.44. The van der Waals surface area contributed by atoms with Crippen LogP contribution in [0.3, 0.4) is 0 Å². The van der Waals surface area contributed by atoms with Gasteiger partial charge in [-0.1, -0.05) is 38.8 Å². The van der Waals surface area contributed by atoms with Crippen LogP contribution in [-0.4, -0.2) is 25.8 Å². The lowest BCUT2D eigenvalue weighted by atomic mass is 10.1. The summed E-state index contributed by atoms with van der Waals surface area (Å²) in [5, 5.41) is 9.87. The SMILES string of the molecule is CCC(CC)CS(=O)(=O)NCC(O)c1ccc(F)cc1. The van der Waals surface area contributed by atoms with Crippen LogP contribution >= 0.6 is 0 Å². The smallest absolute Gasteiger partial charge is 0.211 e. The second kappa shape index (κ2) is 7.71. The molecule has 1 aromatic rings. The third kappa shape index (κ3) is 5.56. The predicted molar refractivity (Wildman–Crippen MR) is 77.2 cm³/mol. The van der Waals surface area contributed by atoms with Crippen molar-refractivity contribution in [2.75, 3.05) is 12.3 Å². The van der Waals surface area contributed by atoms with Crippen molar-refractivity contribution >= 4 is 10.0 Å². The first-order valence-electron chi connectivity index (χ1n) is 6.78. The minimum absolute atomic E-state index is 0.0656. The molecule has 0 bridgehead atoms. The summed E-state index contributed by atoms with van der Waals surface area (Å²) in [4.78, 5) is 0. The van der Waals surface area contributed by atoms with Gasteiger partial charge in [-0.3, -0.25) is 0 Å². The fourth-order valence-electron chi connectivity index (χ4n) is 1.90. The molecule has 1 rings (SSSR count). The Labute approximate surface area is 120 Å². The fourth-order valence-corrected chi connectivity index (χ4v) is 3.52. The van der Waals surface area contributed by atoms with Crippen LogP contribution in [0.4, 0.5) is 4.39 Å². The molecule has 1 unspecified atom stereocenters. The number of nitrogens with one attached hydrogen (secondary N) is 1. The maximum Gasteiger partial charge on any atom is 0.211 e. The van der Waals surface area contributed by atoms with E-state index < -0.39 is 21.9 Å². The normalized spacial score (nSPS) is 13.7. The summed E-state index contributed by atoms with van der Waals surface area (Å²) in [6.07, 6.45) is 0.627. The molecule has 0 amide bonds. The number of aliphatic hydroxyl groups excluding tert-OH is 1. The summed E-state index contributed by atoms with van der Waals surface area (Å²) in [6, 6.07) is 5.35. The molecule has 0 aromatic heterocycles. The van der Waals surface area contributed by atoms with Crippen molar-refractivity contribution in [3.05, 3.63) is 35.6 Å². The minimum atomic E-state index is -3.40. The van der Waals surface area contributed by atoms with Gasteiger partial charge in [0.25, 0.3) is 0 Å². The van der Waals surface area contributed by atoms with Gasteiger partial charge in [0.2, 0.25) is 10.0 Å². The molecular formula is C14H22FNO3S. The monoisotopic (exact) mass is 303 g/mol. The molecule has 114 valence electrons. The molecule has 0 fully saturated rings. The van der Waals surface area contributed by atoms with Gasteiger partial charge in [-0.05, 0) is 23.6 Å². The zero-order chi connectivity index (χ0) is 15.2. The van der Waals surface area contributed by atoms with Crippen LogP contribution in [0.2, 0.25) is 0 Å². The van der Waals surface area contributed by atoms with Crippen LogP contribution in [0, 0.1) is 11.7 Å². The lowest BCUT2D eigenvalue weighted by Crippen LogP contribution is -2.32. The van der Waals surface area contributed by atoms with E-state index >= 15 is 0 Å². The Kier molecular flexibility index (Phi) is 6.58. The molecule has 2 N–H and O–H groups in total. The Balaban J connectivity index is 2.55. The molecule has 20 heavy (non-hydrogen) atoms. The van der Waals surface area contributed by atoms with Crippen molar-refractivity contribution in [2.45, 2.75) is 32.8 Å². The Morgan fingerprint density at radius 3 is 2.25 bits per heavy atom. The molecule has 0 spiro atoms. The van der Waals surface area contributed by atoms with E-state index in [9.17, 15) is 17.9 Å². The molecule has 1 aromatic carbocycles. The van der Waals surface area contributed by atoms with Gasteiger partial charge in [0.15, 0.2) is 0 Å². The second-order valence-corrected chi connectivity index (χ2v) is 6.73. The lowest BCUT2D eigenvalue weighted by molar-refractivity contribution is 0.182. The maximum atomic E-state index is 12.8. The van der Waals surface area contributed by atoms with Crippen LogP contribution in [0.15, 0.2) is 24.3 Å². The predicted octanol–water partition coefficient (Wildman–Crippen LogP) is 2.21. The van der Waals surface area contributed by atoms with E-state index in [2.05, 4.69) is 4.72 Å². The second-order valence-electron chi connectivity index (χ2n) is 4.88. The van der Waals surface area contributed by atoms with Gasteiger partial charge < -0.3 is 5.11 Å². The van der Waals surface area contributed by atoms with E-state index in [1.165, 1.54) is 24.3 Å². The summed E-state index contributed by atoms with van der Waals surface area (Å²) in [5.41, 5.74) is 0.483. The van der Waals surface area contributed by atoms with E-state index in [-0.39, 0.29) is 18.2 Å². The van der Waals surface area contributed by atoms with Gasteiger partial charge in [-0.2, -0.15) is 0 Å². The molecule has 0 aliphatic rings. The van der Waals surface area contributed by atoms with Gasteiger partial charge >= 0.3 is 0 Å². The van der Waals surface area contributed by atoms with Crippen LogP contribution in [0.5, 0.6) is 0 Å². The topological polar surface area (TPSA) is 66.4 Å². The largest absolute Gasteiger partial charge is 0.387 e. The summed E-state index contributed by atoms with van der Waals surface area (Å²) >= 11 is 0. The highest BCUT2D eigenvalue weighted by Gasteiger charge is 2.18. The molecule has 0 saturated heterocycles. The van der Waals surface area contributed by atoms with Crippen LogP contribution in [0.1, 0.15) is 38.4 Å². The first kappa shape index (κ1) is 17.1. The third-order valence-electron chi connectivity index (χ3n) is 3.36. The average Bonchev–Trinajstić information content (AvgIpc) is 2.43. The standard InChI is InChI=1S/C14H22FNO3S/c1-3-11(4-2)10-20(18,19)16-9-14(17)12-5-7-13(15)8-6-12/h5-8,11,14,16-17H,3-4,9-10H2,1-2H3. The highest BCUT2D eigenvalue weighted by atomic mass is 32.2. The van der Waals surface area contributed by atoms with Crippen LogP contribution < -0.4 is 4.72 Å². The minimum Gasteiger partial charge on any atom is -0.387 e. The van der Waals surface area contributed by atoms with Crippen molar-refractivity contribution in [3.8, 4) is 0 Å². The number of rotatable bonds is 8. The highest BCUT2D eigenvalue weighted by molar-refractivity contribution is 7.89. The zero-order valence-corrected chi connectivity index (χ0v) is 12.7. The number of benzene rings is 1. The summed E-state index contributed by atoms with van der Waals surface area (Å²) in [5.74, 6) is -0.207. The number of aliphatic hydroxyl groups is 1. The van der Waals surface area contributed by atoms with Crippen molar-refractivity contribution < 1.29 is 17.9 Å². The Morgan fingerprint density at radius 1 is 1.20 bits per heavy atom. The van der Waals surface area contributed by atoms with E-state index in [4.69, 9.17) is 0 Å². The lowest BCUT2D eigenvalue weighted by Gasteiger charge is -2.16. The summed E-state index contributed by atoms with van der Waals surface area (Å²) < 4.78 is 38.9. The molecule has 0 aliphatic carbocycles. The van der Waals surface area contributed by atoms with Gasteiger partial charge in [-0.25, -0.2) is 17.5 Å². The Hall–Kier alpha value is -0.980. The molecular weight excluding hydrogens is 281 g/mol. The average molecular weight is 303 g/mol. The van der Waals surface area contributed by atoms with Gasteiger partial charge in [0, 0.05) is 6.54 Å². The van der Waals surface area contributed by atoms with Crippen molar-refractivity contribution in [2.24, 2.45) is 5.92 Å². The summed E-state index contributed by atoms with van der Waals surface area (Å²) in [7, 11) is -3.40. The van der Waals surface area contributed by atoms with Gasteiger partial charge in [0.05, 0.1) is 11.9 Å². The molecule has 6 heteroatoms. The highest BCUT2D eigenvalue weighted by Crippen LogP contribution is 2.14.